The Hall–Kier alpha value is -2.96. The highest BCUT2D eigenvalue weighted by Crippen LogP contribution is 2.27. The number of carboxylic acids is 1. The second-order valence-corrected chi connectivity index (χ2v) is 4.46. The van der Waals surface area contributed by atoms with Gasteiger partial charge in [-0.3, -0.25) is 4.68 Å². The first-order valence-electron chi connectivity index (χ1n) is 6.47. The van der Waals surface area contributed by atoms with Crippen LogP contribution in [-0.4, -0.2) is 31.1 Å². The van der Waals surface area contributed by atoms with E-state index >= 15 is 0 Å². The molecule has 0 aliphatic rings. The first-order valence-corrected chi connectivity index (χ1v) is 6.47. The molecule has 0 bridgehead atoms. The number of carbonyl (C=O) groups is 1. The number of aromatic carboxylic acids is 1. The van der Waals surface area contributed by atoms with Crippen molar-refractivity contribution < 1.29 is 9.90 Å². The van der Waals surface area contributed by atoms with Crippen molar-refractivity contribution in [1.82, 2.24) is 20.0 Å². The van der Waals surface area contributed by atoms with Gasteiger partial charge < -0.3 is 10.4 Å². The molecule has 0 aliphatic carbocycles. The fraction of sp³-hybridized carbons (Fsp3) is 0.143. The van der Waals surface area contributed by atoms with Crippen LogP contribution < -0.4 is 5.32 Å². The number of benzene rings is 1. The number of fused-ring (bicyclic) bond motifs is 1. The van der Waals surface area contributed by atoms with Crippen LogP contribution in [-0.2, 0) is 6.54 Å². The zero-order valence-electron chi connectivity index (χ0n) is 11.3. The van der Waals surface area contributed by atoms with E-state index in [2.05, 4.69) is 20.6 Å². The zero-order valence-corrected chi connectivity index (χ0v) is 11.3. The van der Waals surface area contributed by atoms with Crippen LogP contribution in [0.3, 0.4) is 0 Å². The highest BCUT2D eigenvalue weighted by atomic mass is 16.4. The number of rotatable bonds is 4. The number of nitrogens with one attached hydrogen (secondary N) is 1. The van der Waals surface area contributed by atoms with Crippen LogP contribution in [0.15, 0.2) is 36.7 Å². The third-order valence-corrected chi connectivity index (χ3v) is 3.10. The van der Waals surface area contributed by atoms with Gasteiger partial charge in [0, 0.05) is 18.1 Å². The van der Waals surface area contributed by atoms with E-state index in [1.54, 1.807) is 23.1 Å². The molecule has 2 aromatic heterocycles. The fourth-order valence-corrected chi connectivity index (χ4v) is 2.08. The van der Waals surface area contributed by atoms with E-state index in [0.29, 0.717) is 22.3 Å². The van der Waals surface area contributed by atoms with E-state index in [1.165, 1.54) is 0 Å². The predicted octanol–water partition coefficient (Wildman–Crippen LogP) is 2.29. The molecule has 7 nitrogen and oxygen atoms in total. The van der Waals surface area contributed by atoms with Crippen LogP contribution >= 0.6 is 0 Å². The maximum atomic E-state index is 11.4. The molecule has 0 unspecified atom stereocenters. The quantitative estimate of drug-likeness (QED) is 0.763. The van der Waals surface area contributed by atoms with E-state index in [9.17, 15) is 9.90 Å². The van der Waals surface area contributed by atoms with Crippen LogP contribution in [0.25, 0.3) is 10.9 Å². The lowest BCUT2D eigenvalue weighted by Gasteiger charge is -2.09. The van der Waals surface area contributed by atoms with Crippen molar-refractivity contribution in [3.8, 4) is 0 Å². The summed E-state index contributed by atoms with van der Waals surface area (Å²) < 4.78 is 1.75. The summed E-state index contributed by atoms with van der Waals surface area (Å²) in [6, 6.07) is 7.25. The van der Waals surface area contributed by atoms with E-state index in [0.717, 1.165) is 6.54 Å². The number of anilines is 2. The van der Waals surface area contributed by atoms with Gasteiger partial charge >= 0.3 is 5.97 Å². The average Bonchev–Trinajstić information content (AvgIpc) is 2.95. The Morgan fingerprint density at radius 2 is 2.14 bits per heavy atom. The lowest BCUT2D eigenvalue weighted by Crippen LogP contribution is -2.07. The molecule has 0 atom stereocenters. The highest BCUT2D eigenvalue weighted by Gasteiger charge is 2.17. The summed E-state index contributed by atoms with van der Waals surface area (Å²) in [5, 5.41) is 25.0. The van der Waals surface area contributed by atoms with Crippen molar-refractivity contribution in [2.45, 2.75) is 13.5 Å². The number of hydrogen-bond donors (Lipinski definition) is 2. The van der Waals surface area contributed by atoms with E-state index in [4.69, 9.17) is 0 Å². The summed E-state index contributed by atoms with van der Waals surface area (Å²) in [5.74, 6) is -1.13. The molecule has 106 valence electrons. The van der Waals surface area contributed by atoms with Gasteiger partial charge in [-0.2, -0.15) is 5.10 Å². The SMILES string of the molecule is CCn1cc(Nc2c(C(=O)O)nnc3ccccc23)cn1. The second-order valence-electron chi connectivity index (χ2n) is 4.46. The lowest BCUT2D eigenvalue weighted by atomic mass is 10.1. The van der Waals surface area contributed by atoms with Crippen LogP contribution in [0, 0.1) is 0 Å². The minimum absolute atomic E-state index is 0.113. The van der Waals surface area contributed by atoms with Gasteiger partial charge in [0.25, 0.3) is 0 Å². The highest BCUT2D eigenvalue weighted by molar-refractivity contribution is 6.03. The predicted molar refractivity (Wildman–Crippen MR) is 77.7 cm³/mol. The van der Waals surface area contributed by atoms with Crippen molar-refractivity contribution >= 4 is 28.2 Å². The molecule has 0 amide bonds. The van der Waals surface area contributed by atoms with Gasteiger partial charge in [0.2, 0.25) is 0 Å². The molecule has 2 heterocycles. The Balaban J connectivity index is 2.13. The van der Waals surface area contributed by atoms with Crippen molar-refractivity contribution in [3.63, 3.8) is 0 Å². The average molecular weight is 283 g/mol. The molecule has 0 fully saturated rings. The molecule has 21 heavy (non-hydrogen) atoms. The molecule has 3 rings (SSSR count). The van der Waals surface area contributed by atoms with Crippen LogP contribution in [0.5, 0.6) is 0 Å². The summed E-state index contributed by atoms with van der Waals surface area (Å²) in [6.07, 6.45) is 3.45. The minimum atomic E-state index is -1.13. The Morgan fingerprint density at radius 1 is 1.33 bits per heavy atom. The summed E-state index contributed by atoms with van der Waals surface area (Å²) >= 11 is 0. The topological polar surface area (TPSA) is 92.9 Å². The first kappa shape index (κ1) is 13.0. The maximum Gasteiger partial charge on any atom is 0.358 e. The van der Waals surface area contributed by atoms with Gasteiger partial charge in [-0.05, 0) is 13.0 Å². The standard InChI is InChI=1S/C14H13N5O2/c1-2-19-8-9(7-15-19)16-12-10-5-3-4-6-11(10)17-18-13(12)14(20)21/h3-8H,2H2,1H3,(H,16,17)(H,20,21). The first-order chi connectivity index (χ1) is 10.2. The molecule has 0 spiro atoms. The molecule has 0 saturated carbocycles. The van der Waals surface area contributed by atoms with Gasteiger partial charge in [0.15, 0.2) is 5.69 Å². The minimum Gasteiger partial charge on any atom is -0.476 e. The van der Waals surface area contributed by atoms with Crippen LogP contribution in [0.2, 0.25) is 0 Å². The monoisotopic (exact) mass is 283 g/mol. The van der Waals surface area contributed by atoms with Gasteiger partial charge in [0.1, 0.15) is 0 Å². The second kappa shape index (κ2) is 5.20. The molecular weight excluding hydrogens is 270 g/mol. The molecule has 2 N–H and O–H groups in total. The molecule has 0 saturated heterocycles. The van der Waals surface area contributed by atoms with Gasteiger partial charge in [-0.25, -0.2) is 4.79 Å². The van der Waals surface area contributed by atoms with Gasteiger partial charge in [-0.1, -0.05) is 18.2 Å². The smallest absolute Gasteiger partial charge is 0.358 e. The number of carboxylic acid groups (broad SMARTS) is 1. The van der Waals surface area contributed by atoms with Crippen molar-refractivity contribution in [2.24, 2.45) is 0 Å². The van der Waals surface area contributed by atoms with E-state index in [1.807, 2.05) is 25.1 Å². The van der Waals surface area contributed by atoms with E-state index < -0.39 is 5.97 Å². The number of aromatic nitrogens is 4. The Morgan fingerprint density at radius 3 is 2.86 bits per heavy atom. The van der Waals surface area contributed by atoms with Crippen molar-refractivity contribution in [2.75, 3.05) is 5.32 Å². The van der Waals surface area contributed by atoms with Crippen LogP contribution in [0.4, 0.5) is 11.4 Å². The number of hydrogen-bond acceptors (Lipinski definition) is 5. The van der Waals surface area contributed by atoms with Gasteiger partial charge in [-0.15, -0.1) is 10.2 Å². The number of aryl methyl sites for hydroxylation is 1. The molecule has 3 aromatic rings. The third-order valence-electron chi connectivity index (χ3n) is 3.10. The molecule has 7 heteroatoms. The maximum absolute atomic E-state index is 11.4. The lowest BCUT2D eigenvalue weighted by molar-refractivity contribution is 0.0690. The van der Waals surface area contributed by atoms with E-state index in [-0.39, 0.29) is 5.69 Å². The van der Waals surface area contributed by atoms with Gasteiger partial charge in [0.05, 0.1) is 23.1 Å². The fourth-order valence-electron chi connectivity index (χ4n) is 2.08. The van der Waals surface area contributed by atoms with Crippen LogP contribution in [0.1, 0.15) is 17.4 Å². The summed E-state index contributed by atoms with van der Waals surface area (Å²) in [6.45, 7) is 2.71. The Labute approximate surface area is 120 Å². The molecule has 1 aromatic carbocycles. The summed E-state index contributed by atoms with van der Waals surface area (Å²) in [5.41, 5.74) is 1.65. The zero-order chi connectivity index (χ0) is 14.8. The molecule has 0 aliphatic heterocycles. The Bertz CT molecular complexity index is 812. The van der Waals surface area contributed by atoms with Crippen molar-refractivity contribution in [1.29, 1.82) is 0 Å². The third kappa shape index (κ3) is 2.40. The normalized spacial score (nSPS) is 10.7. The largest absolute Gasteiger partial charge is 0.476 e. The summed E-state index contributed by atoms with van der Waals surface area (Å²) in [4.78, 5) is 11.4. The Kier molecular flexibility index (Phi) is 3.23. The summed E-state index contributed by atoms with van der Waals surface area (Å²) in [7, 11) is 0. The molecular formula is C14H13N5O2. The van der Waals surface area contributed by atoms with Crippen molar-refractivity contribution in [3.05, 3.63) is 42.4 Å². The number of nitrogens with zero attached hydrogens (tertiary/aromatic N) is 4. The molecule has 0 radical (unpaired) electrons.